The second kappa shape index (κ2) is 7.73. The van der Waals surface area contributed by atoms with Crippen molar-refractivity contribution in [3.05, 3.63) is 29.6 Å². The lowest BCUT2D eigenvalue weighted by atomic mass is 10.1. The molecule has 1 N–H and O–H groups in total. The summed E-state index contributed by atoms with van der Waals surface area (Å²) in [5.41, 5.74) is 1.78. The molecule has 118 valence electrons. The summed E-state index contributed by atoms with van der Waals surface area (Å²) >= 11 is 0. The van der Waals surface area contributed by atoms with Crippen LogP contribution in [0, 0.1) is 5.82 Å². The summed E-state index contributed by atoms with van der Waals surface area (Å²) in [7, 11) is 5.85. The van der Waals surface area contributed by atoms with Gasteiger partial charge in [0.15, 0.2) is 0 Å². The summed E-state index contributed by atoms with van der Waals surface area (Å²) in [4.78, 5) is 4.39. The summed E-state index contributed by atoms with van der Waals surface area (Å²) in [5, 5.41) is 3.30. The van der Waals surface area contributed by atoms with Crippen LogP contribution in [0.25, 0.3) is 0 Å². The quantitative estimate of drug-likeness (QED) is 0.775. The minimum absolute atomic E-state index is 0.125. The standard InChI is InChI=1S/C16H26FN3O/c1-19(2)14-7-9-20(12-14)16-13(5-4-6-15(16)17)11-18-8-10-21-3/h4-6,14,18H,7-12H2,1-3H3. The van der Waals surface area contributed by atoms with Gasteiger partial charge in [0.05, 0.1) is 12.3 Å². The molecule has 1 fully saturated rings. The second-order valence-electron chi connectivity index (χ2n) is 5.77. The summed E-state index contributed by atoms with van der Waals surface area (Å²) in [6, 6.07) is 5.84. The maximum Gasteiger partial charge on any atom is 0.146 e. The van der Waals surface area contributed by atoms with Gasteiger partial charge in [0.1, 0.15) is 5.82 Å². The number of halogens is 1. The van der Waals surface area contributed by atoms with Crippen molar-refractivity contribution in [3.63, 3.8) is 0 Å². The van der Waals surface area contributed by atoms with Crippen LogP contribution in [0.5, 0.6) is 0 Å². The average Bonchev–Trinajstić information content (AvgIpc) is 2.93. The Morgan fingerprint density at radius 3 is 2.90 bits per heavy atom. The van der Waals surface area contributed by atoms with Gasteiger partial charge in [-0.2, -0.15) is 0 Å². The Bertz CT molecular complexity index is 453. The molecule has 0 amide bonds. The van der Waals surface area contributed by atoms with Crippen molar-refractivity contribution in [2.45, 2.75) is 19.0 Å². The van der Waals surface area contributed by atoms with Crippen molar-refractivity contribution in [2.24, 2.45) is 0 Å². The highest BCUT2D eigenvalue weighted by molar-refractivity contribution is 5.56. The van der Waals surface area contributed by atoms with Gasteiger partial charge in [0.25, 0.3) is 0 Å². The molecule has 5 heteroatoms. The molecule has 1 unspecified atom stereocenters. The van der Waals surface area contributed by atoms with E-state index in [9.17, 15) is 4.39 Å². The monoisotopic (exact) mass is 295 g/mol. The number of likely N-dealkylation sites (N-methyl/N-ethyl adjacent to an activating group) is 1. The first-order chi connectivity index (χ1) is 10.1. The topological polar surface area (TPSA) is 27.7 Å². The molecule has 4 nitrogen and oxygen atoms in total. The van der Waals surface area contributed by atoms with Crippen LogP contribution in [0.3, 0.4) is 0 Å². The average molecular weight is 295 g/mol. The predicted octanol–water partition coefficient (Wildman–Crippen LogP) is 1.70. The molecule has 1 atom stereocenters. The zero-order valence-electron chi connectivity index (χ0n) is 13.2. The number of nitrogens with one attached hydrogen (secondary N) is 1. The van der Waals surface area contributed by atoms with Gasteiger partial charge in [0.2, 0.25) is 0 Å². The van der Waals surface area contributed by atoms with Gasteiger partial charge >= 0.3 is 0 Å². The summed E-state index contributed by atoms with van der Waals surface area (Å²) in [5.74, 6) is -0.125. The number of ether oxygens (including phenoxy) is 1. The molecule has 0 aromatic heterocycles. The van der Waals surface area contributed by atoms with E-state index in [-0.39, 0.29) is 5.82 Å². The first-order valence-corrected chi connectivity index (χ1v) is 7.52. The number of para-hydroxylation sites is 1. The lowest BCUT2D eigenvalue weighted by Gasteiger charge is -2.24. The van der Waals surface area contributed by atoms with Crippen LogP contribution in [0.15, 0.2) is 18.2 Å². The van der Waals surface area contributed by atoms with E-state index < -0.39 is 0 Å². The molecular formula is C16H26FN3O. The number of hydrogen-bond acceptors (Lipinski definition) is 4. The third-order valence-corrected chi connectivity index (χ3v) is 4.08. The van der Waals surface area contributed by atoms with Gasteiger partial charge in [-0.1, -0.05) is 12.1 Å². The number of hydrogen-bond donors (Lipinski definition) is 1. The normalized spacial score (nSPS) is 18.7. The van der Waals surface area contributed by atoms with Crippen LogP contribution in [0.4, 0.5) is 10.1 Å². The van der Waals surface area contributed by atoms with Crippen LogP contribution in [0.2, 0.25) is 0 Å². The van der Waals surface area contributed by atoms with Crippen molar-refractivity contribution < 1.29 is 9.13 Å². The van der Waals surface area contributed by atoms with Crippen molar-refractivity contribution in [2.75, 3.05) is 52.3 Å². The zero-order valence-corrected chi connectivity index (χ0v) is 13.2. The van der Waals surface area contributed by atoms with Crippen molar-refractivity contribution in [1.82, 2.24) is 10.2 Å². The fraction of sp³-hybridized carbons (Fsp3) is 0.625. The van der Waals surface area contributed by atoms with Crippen LogP contribution >= 0.6 is 0 Å². The van der Waals surface area contributed by atoms with Crippen molar-refractivity contribution >= 4 is 5.69 Å². The van der Waals surface area contributed by atoms with E-state index in [1.807, 2.05) is 6.07 Å². The molecular weight excluding hydrogens is 269 g/mol. The Morgan fingerprint density at radius 2 is 2.24 bits per heavy atom. The summed E-state index contributed by atoms with van der Waals surface area (Å²) in [6.45, 7) is 3.90. The third kappa shape index (κ3) is 4.15. The predicted molar refractivity (Wildman–Crippen MR) is 84.3 cm³/mol. The molecule has 0 radical (unpaired) electrons. The van der Waals surface area contributed by atoms with E-state index in [1.165, 1.54) is 0 Å². The SMILES string of the molecule is COCCNCc1cccc(F)c1N1CCC(N(C)C)C1. The van der Waals surface area contributed by atoms with Gasteiger partial charge in [-0.25, -0.2) is 4.39 Å². The molecule has 1 saturated heterocycles. The van der Waals surface area contributed by atoms with Crippen LogP contribution in [-0.2, 0) is 11.3 Å². The highest BCUT2D eigenvalue weighted by Crippen LogP contribution is 2.28. The molecule has 21 heavy (non-hydrogen) atoms. The molecule has 1 aromatic rings. The maximum absolute atomic E-state index is 14.3. The molecule has 0 spiro atoms. The number of benzene rings is 1. The fourth-order valence-corrected chi connectivity index (χ4v) is 2.82. The molecule has 1 aliphatic heterocycles. The second-order valence-corrected chi connectivity index (χ2v) is 5.77. The van der Waals surface area contributed by atoms with Gasteiger partial charge in [-0.3, -0.25) is 0 Å². The minimum Gasteiger partial charge on any atom is -0.383 e. The fourth-order valence-electron chi connectivity index (χ4n) is 2.82. The Labute approximate surface area is 126 Å². The van der Waals surface area contributed by atoms with Crippen LogP contribution < -0.4 is 10.2 Å². The molecule has 0 saturated carbocycles. The molecule has 1 aromatic carbocycles. The highest BCUT2D eigenvalue weighted by Gasteiger charge is 2.27. The number of methoxy groups -OCH3 is 1. The molecule has 2 rings (SSSR count). The van der Waals surface area contributed by atoms with Gasteiger partial charge < -0.3 is 19.9 Å². The number of nitrogens with zero attached hydrogens (tertiary/aromatic N) is 2. The van der Waals surface area contributed by atoms with E-state index in [0.29, 0.717) is 19.2 Å². The lowest BCUT2D eigenvalue weighted by Crippen LogP contribution is -2.32. The smallest absolute Gasteiger partial charge is 0.146 e. The van der Waals surface area contributed by atoms with Gasteiger partial charge in [0, 0.05) is 39.3 Å². The Kier molecular flexibility index (Phi) is 5.96. The third-order valence-electron chi connectivity index (χ3n) is 4.08. The number of rotatable bonds is 7. The van der Waals surface area contributed by atoms with E-state index in [2.05, 4.69) is 29.2 Å². The maximum atomic E-state index is 14.3. The molecule has 1 heterocycles. The summed E-state index contributed by atoms with van der Waals surface area (Å²) < 4.78 is 19.3. The largest absolute Gasteiger partial charge is 0.383 e. The lowest BCUT2D eigenvalue weighted by molar-refractivity contribution is 0.199. The van der Waals surface area contributed by atoms with E-state index in [1.54, 1.807) is 19.2 Å². The highest BCUT2D eigenvalue weighted by atomic mass is 19.1. The first kappa shape index (κ1) is 16.2. The first-order valence-electron chi connectivity index (χ1n) is 7.52. The molecule has 0 aliphatic carbocycles. The van der Waals surface area contributed by atoms with Gasteiger partial charge in [-0.15, -0.1) is 0 Å². The van der Waals surface area contributed by atoms with E-state index >= 15 is 0 Å². The summed E-state index contributed by atoms with van der Waals surface area (Å²) in [6.07, 6.45) is 1.08. The number of anilines is 1. The van der Waals surface area contributed by atoms with Crippen molar-refractivity contribution in [3.8, 4) is 0 Å². The molecule has 1 aliphatic rings. The van der Waals surface area contributed by atoms with Crippen LogP contribution in [0.1, 0.15) is 12.0 Å². The Balaban J connectivity index is 2.07. The van der Waals surface area contributed by atoms with E-state index in [4.69, 9.17) is 4.74 Å². The zero-order chi connectivity index (χ0) is 15.2. The Morgan fingerprint density at radius 1 is 1.43 bits per heavy atom. The molecule has 0 bridgehead atoms. The van der Waals surface area contributed by atoms with Crippen LogP contribution in [-0.4, -0.2) is 58.4 Å². The van der Waals surface area contributed by atoms with Crippen molar-refractivity contribution in [1.29, 1.82) is 0 Å². The Hall–Kier alpha value is -1.17. The minimum atomic E-state index is -0.125. The van der Waals surface area contributed by atoms with E-state index in [0.717, 1.165) is 37.3 Å². The van der Waals surface area contributed by atoms with Gasteiger partial charge in [-0.05, 0) is 32.1 Å².